The standard InChI is InChI=1S/C15H17ClN2/c1-11-6-5-7-13(18-11)10-17-12(2)14-8-3-4-9-15(14)16/h3-9,12,17H,10H2,1-2H3/t12-/m0/s1. The molecule has 0 amide bonds. The molecule has 0 aliphatic rings. The fraction of sp³-hybridized carbons (Fsp3) is 0.267. The van der Waals surface area contributed by atoms with Crippen molar-refractivity contribution in [2.45, 2.75) is 26.4 Å². The molecule has 1 N–H and O–H groups in total. The van der Waals surface area contributed by atoms with Gasteiger partial charge in [-0.25, -0.2) is 0 Å². The molecule has 1 aromatic heterocycles. The van der Waals surface area contributed by atoms with Gasteiger partial charge in [-0.15, -0.1) is 0 Å². The van der Waals surface area contributed by atoms with Crippen LogP contribution in [0.15, 0.2) is 42.5 Å². The fourth-order valence-corrected chi connectivity index (χ4v) is 2.19. The van der Waals surface area contributed by atoms with Gasteiger partial charge in [0, 0.05) is 23.3 Å². The lowest BCUT2D eigenvalue weighted by Crippen LogP contribution is -2.19. The highest BCUT2D eigenvalue weighted by Crippen LogP contribution is 2.22. The second-order valence-corrected chi connectivity index (χ2v) is 4.80. The summed E-state index contributed by atoms with van der Waals surface area (Å²) in [5.41, 5.74) is 3.21. The van der Waals surface area contributed by atoms with Crippen LogP contribution in [0.3, 0.4) is 0 Å². The molecular formula is C15H17ClN2. The minimum atomic E-state index is 0.209. The van der Waals surface area contributed by atoms with Gasteiger partial charge in [0.25, 0.3) is 0 Å². The highest BCUT2D eigenvalue weighted by Gasteiger charge is 2.08. The van der Waals surface area contributed by atoms with Crippen LogP contribution in [0.5, 0.6) is 0 Å². The number of nitrogens with zero attached hydrogens (tertiary/aromatic N) is 1. The van der Waals surface area contributed by atoms with Crippen LogP contribution in [0, 0.1) is 6.92 Å². The van der Waals surface area contributed by atoms with E-state index in [1.165, 1.54) is 0 Å². The largest absolute Gasteiger partial charge is 0.305 e. The van der Waals surface area contributed by atoms with E-state index in [2.05, 4.69) is 17.2 Å². The predicted molar refractivity (Wildman–Crippen MR) is 75.7 cm³/mol. The van der Waals surface area contributed by atoms with E-state index in [0.717, 1.165) is 28.5 Å². The summed E-state index contributed by atoms with van der Waals surface area (Å²) in [6.07, 6.45) is 0. The fourth-order valence-electron chi connectivity index (χ4n) is 1.89. The van der Waals surface area contributed by atoms with Gasteiger partial charge in [-0.05, 0) is 37.6 Å². The van der Waals surface area contributed by atoms with Gasteiger partial charge >= 0.3 is 0 Å². The molecule has 0 aliphatic heterocycles. The Hall–Kier alpha value is -1.38. The number of aryl methyl sites for hydroxylation is 1. The van der Waals surface area contributed by atoms with Gasteiger partial charge < -0.3 is 5.32 Å². The van der Waals surface area contributed by atoms with Crippen LogP contribution in [-0.2, 0) is 6.54 Å². The lowest BCUT2D eigenvalue weighted by molar-refractivity contribution is 0.567. The van der Waals surface area contributed by atoms with Crippen LogP contribution >= 0.6 is 11.6 Å². The summed E-state index contributed by atoms with van der Waals surface area (Å²) in [5.74, 6) is 0. The Labute approximate surface area is 113 Å². The third-order valence-corrected chi connectivity index (χ3v) is 3.25. The summed E-state index contributed by atoms with van der Waals surface area (Å²) < 4.78 is 0. The Morgan fingerprint density at radius 2 is 1.94 bits per heavy atom. The van der Waals surface area contributed by atoms with Crippen molar-refractivity contribution in [3.8, 4) is 0 Å². The molecule has 0 radical (unpaired) electrons. The number of aromatic nitrogens is 1. The Morgan fingerprint density at radius 1 is 1.17 bits per heavy atom. The van der Waals surface area contributed by atoms with Gasteiger partial charge in [-0.3, -0.25) is 4.98 Å². The van der Waals surface area contributed by atoms with Crippen molar-refractivity contribution in [3.05, 3.63) is 64.4 Å². The SMILES string of the molecule is Cc1cccc(CN[C@@H](C)c2ccccc2Cl)n1. The Balaban J connectivity index is 2.00. The van der Waals surface area contributed by atoms with Crippen LogP contribution in [0.2, 0.25) is 5.02 Å². The molecule has 0 saturated carbocycles. The molecule has 18 heavy (non-hydrogen) atoms. The average molecular weight is 261 g/mol. The maximum Gasteiger partial charge on any atom is 0.0545 e. The zero-order chi connectivity index (χ0) is 13.0. The lowest BCUT2D eigenvalue weighted by atomic mass is 10.1. The molecule has 0 unspecified atom stereocenters. The number of nitrogens with one attached hydrogen (secondary N) is 1. The maximum atomic E-state index is 6.17. The molecule has 94 valence electrons. The molecule has 2 rings (SSSR count). The molecular weight excluding hydrogens is 244 g/mol. The third kappa shape index (κ3) is 3.31. The van der Waals surface area contributed by atoms with Crippen molar-refractivity contribution in [1.29, 1.82) is 0 Å². The number of hydrogen-bond donors (Lipinski definition) is 1. The van der Waals surface area contributed by atoms with Gasteiger partial charge in [0.1, 0.15) is 0 Å². The molecule has 0 saturated heterocycles. The predicted octanol–water partition coefficient (Wildman–Crippen LogP) is 3.89. The molecule has 3 heteroatoms. The van der Waals surface area contributed by atoms with E-state index < -0.39 is 0 Å². The number of pyridine rings is 1. The summed E-state index contributed by atoms with van der Waals surface area (Å²) >= 11 is 6.17. The Morgan fingerprint density at radius 3 is 2.67 bits per heavy atom. The average Bonchev–Trinajstić information content (AvgIpc) is 2.37. The molecule has 0 spiro atoms. The zero-order valence-electron chi connectivity index (χ0n) is 10.7. The topological polar surface area (TPSA) is 24.9 Å². The van der Waals surface area contributed by atoms with E-state index in [4.69, 9.17) is 11.6 Å². The molecule has 0 fully saturated rings. The second-order valence-electron chi connectivity index (χ2n) is 4.39. The summed E-state index contributed by atoms with van der Waals surface area (Å²) in [7, 11) is 0. The van der Waals surface area contributed by atoms with Gasteiger partial charge in [-0.1, -0.05) is 35.9 Å². The van der Waals surface area contributed by atoms with Crippen molar-refractivity contribution in [2.75, 3.05) is 0 Å². The van der Waals surface area contributed by atoms with E-state index >= 15 is 0 Å². The summed E-state index contributed by atoms with van der Waals surface area (Å²) in [6, 6.07) is 14.2. The molecule has 0 aliphatic carbocycles. The minimum absolute atomic E-state index is 0.209. The highest BCUT2D eigenvalue weighted by molar-refractivity contribution is 6.31. The molecule has 2 nitrogen and oxygen atoms in total. The number of benzene rings is 1. The monoisotopic (exact) mass is 260 g/mol. The van der Waals surface area contributed by atoms with Crippen LogP contribution < -0.4 is 5.32 Å². The molecule has 0 bridgehead atoms. The minimum Gasteiger partial charge on any atom is -0.305 e. The number of hydrogen-bond acceptors (Lipinski definition) is 2. The first-order chi connectivity index (χ1) is 8.66. The van der Waals surface area contributed by atoms with Crippen LogP contribution in [-0.4, -0.2) is 4.98 Å². The van der Waals surface area contributed by atoms with Crippen molar-refractivity contribution in [3.63, 3.8) is 0 Å². The van der Waals surface area contributed by atoms with Crippen LogP contribution in [0.25, 0.3) is 0 Å². The Kier molecular flexibility index (Phi) is 4.34. The highest BCUT2D eigenvalue weighted by atomic mass is 35.5. The molecule has 1 aromatic carbocycles. The van der Waals surface area contributed by atoms with Crippen LogP contribution in [0.4, 0.5) is 0 Å². The maximum absolute atomic E-state index is 6.17. The third-order valence-electron chi connectivity index (χ3n) is 2.91. The van der Waals surface area contributed by atoms with E-state index in [-0.39, 0.29) is 6.04 Å². The summed E-state index contributed by atoms with van der Waals surface area (Å²) in [6.45, 7) is 4.85. The normalized spacial score (nSPS) is 12.4. The molecule has 1 heterocycles. The molecule has 1 atom stereocenters. The Bertz CT molecular complexity index is 525. The lowest BCUT2D eigenvalue weighted by Gasteiger charge is -2.15. The first-order valence-corrected chi connectivity index (χ1v) is 6.45. The first-order valence-electron chi connectivity index (χ1n) is 6.07. The van der Waals surface area contributed by atoms with Gasteiger partial charge in [0.05, 0.1) is 5.69 Å². The summed E-state index contributed by atoms with van der Waals surface area (Å²) in [5, 5.41) is 4.24. The number of rotatable bonds is 4. The van der Waals surface area contributed by atoms with Crippen molar-refractivity contribution in [1.82, 2.24) is 10.3 Å². The van der Waals surface area contributed by atoms with Crippen molar-refractivity contribution < 1.29 is 0 Å². The van der Waals surface area contributed by atoms with Gasteiger partial charge in [-0.2, -0.15) is 0 Å². The summed E-state index contributed by atoms with van der Waals surface area (Å²) in [4.78, 5) is 4.47. The van der Waals surface area contributed by atoms with E-state index in [9.17, 15) is 0 Å². The van der Waals surface area contributed by atoms with Gasteiger partial charge in [0.2, 0.25) is 0 Å². The number of halogens is 1. The molecule has 2 aromatic rings. The van der Waals surface area contributed by atoms with Crippen LogP contribution in [0.1, 0.15) is 29.9 Å². The van der Waals surface area contributed by atoms with Crippen molar-refractivity contribution >= 4 is 11.6 Å². The van der Waals surface area contributed by atoms with E-state index in [0.29, 0.717) is 0 Å². The first kappa shape index (κ1) is 13.1. The smallest absolute Gasteiger partial charge is 0.0545 e. The van der Waals surface area contributed by atoms with Gasteiger partial charge in [0.15, 0.2) is 0 Å². The van der Waals surface area contributed by atoms with E-state index in [1.807, 2.05) is 49.4 Å². The second kappa shape index (κ2) is 5.98. The quantitative estimate of drug-likeness (QED) is 0.902. The zero-order valence-corrected chi connectivity index (χ0v) is 11.4. The van der Waals surface area contributed by atoms with E-state index in [1.54, 1.807) is 0 Å². The van der Waals surface area contributed by atoms with Crippen molar-refractivity contribution in [2.24, 2.45) is 0 Å².